The van der Waals surface area contributed by atoms with Crippen LogP contribution in [0.25, 0.3) is 0 Å². The van der Waals surface area contributed by atoms with Gasteiger partial charge in [0.1, 0.15) is 0 Å². The molecule has 6 heteroatoms. The summed E-state index contributed by atoms with van der Waals surface area (Å²) < 4.78 is 13.4. The molecule has 17 heavy (non-hydrogen) atoms. The third kappa shape index (κ3) is 4.52. The van der Waals surface area contributed by atoms with Gasteiger partial charge in [-0.15, -0.1) is 0 Å². The predicted octanol–water partition coefficient (Wildman–Crippen LogP) is 1.62. The van der Waals surface area contributed by atoms with E-state index in [0.29, 0.717) is 18.9 Å². The van der Waals surface area contributed by atoms with Gasteiger partial charge in [-0.3, -0.25) is 0 Å². The van der Waals surface area contributed by atoms with E-state index >= 15 is 0 Å². The van der Waals surface area contributed by atoms with Crippen LogP contribution in [0.3, 0.4) is 0 Å². The smallest absolute Gasteiger partial charge is 0.224 e. The fraction of sp³-hybridized carbons (Fsp3) is 0.636. The molecule has 1 rings (SSSR count). The molecule has 96 valence electrons. The van der Waals surface area contributed by atoms with Gasteiger partial charge in [0, 0.05) is 19.2 Å². The lowest BCUT2D eigenvalue weighted by Crippen LogP contribution is -2.18. The van der Waals surface area contributed by atoms with Crippen molar-refractivity contribution < 1.29 is 9.50 Å². The summed E-state index contributed by atoms with van der Waals surface area (Å²) in [6, 6.07) is 0.0565. The van der Waals surface area contributed by atoms with Gasteiger partial charge in [0.2, 0.25) is 5.95 Å². The number of nitrogens with one attached hydrogen (secondary N) is 2. The maximum Gasteiger partial charge on any atom is 0.224 e. The molecule has 1 atom stereocenters. The Morgan fingerprint density at radius 3 is 2.94 bits per heavy atom. The molecule has 1 heterocycles. The molecule has 0 radical (unpaired) electrons. The molecule has 3 N–H and O–H groups in total. The van der Waals surface area contributed by atoms with Gasteiger partial charge in [0.25, 0.3) is 0 Å². The van der Waals surface area contributed by atoms with Crippen molar-refractivity contribution in [1.82, 2.24) is 9.97 Å². The Hall–Kier alpha value is -1.43. The van der Waals surface area contributed by atoms with E-state index in [1.165, 1.54) is 0 Å². The van der Waals surface area contributed by atoms with E-state index in [-0.39, 0.29) is 18.5 Å². The molecule has 1 unspecified atom stereocenters. The number of aromatic nitrogens is 2. The van der Waals surface area contributed by atoms with Gasteiger partial charge in [-0.2, -0.15) is 4.98 Å². The van der Waals surface area contributed by atoms with Crippen LogP contribution >= 0.6 is 0 Å². The van der Waals surface area contributed by atoms with Crippen molar-refractivity contribution in [3.05, 3.63) is 12.0 Å². The first kappa shape index (κ1) is 13.6. The van der Waals surface area contributed by atoms with Crippen LogP contribution < -0.4 is 10.6 Å². The Labute approximate surface area is 100 Å². The number of aliphatic hydroxyl groups excluding tert-OH is 1. The molecule has 0 aliphatic heterocycles. The number of rotatable bonds is 7. The molecule has 1 aromatic heterocycles. The average Bonchev–Trinajstić information content (AvgIpc) is 2.31. The minimum atomic E-state index is -0.470. The second-order valence-electron chi connectivity index (χ2n) is 3.83. The van der Waals surface area contributed by atoms with Gasteiger partial charge in [-0.25, -0.2) is 9.37 Å². The third-order valence-electron chi connectivity index (χ3n) is 2.26. The molecule has 0 aliphatic carbocycles. The molecule has 0 bridgehead atoms. The number of aliphatic hydroxyl groups is 1. The van der Waals surface area contributed by atoms with Crippen LogP contribution in [-0.4, -0.2) is 34.3 Å². The van der Waals surface area contributed by atoms with Crippen molar-refractivity contribution in [2.75, 3.05) is 23.8 Å². The van der Waals surface area contributed by atoms with E-state index in [9.17, 15) is 4.39 Å². The summed E-state index contributed by atoms with van der Waals surface area (Å²) in [6.07, 6.45) is 2.59. The van der Waals surface area contributed by atoms with Crippen molar-refractivity contribution in [3.8, 4) is 0 Å². The number of halogens is 1. The van der Waals surface area contributed by atoms with Gasteiger partial charge < -0.3 is 15.7 Å². The van der Waals surface area contributed by atoms with Gasteiger partial charge in [0.05, 0.1) is 6.20 Å². The molecule has 1 aromatic rings. The molecule has 5 nitrogen and oxygen atoms in total. The highest BCUT2D eigenvalue weighted by molar-refractivity contribution is 5.41. The standard InChI is InChI=1S/C11H19FN4O/c1-3-13-11-14-7-9(12)10(16-11)15-8(2)5-4-6-17/h7-8,17H,3-6H2,1-2H3,(H2,13,14,15,16). The lowest BCUT2D eigenvalue weighted by Gasteiger charge is -2.14. The Bertz CT molecular complexity index is 348. The zero-order chi connectivity index (χ0) is 12.7. The maximum absolute atomic E-state index is 13.4. The van der Waals surface area contributed by atoms with Gasteiger partial charge in [0.15, 0.2) is 11.6 Å². The fourth-order valence-corrected chi connectivity index (χ4v) is 1.41. The van der Waals surface area contributed by atoms with Gasteiger partial charge >= 0.3 is 0 Å². The minimum Gasteiger partial charge on any atom is -0.396 e. The number of hydrogen-bond acceptors (Lipinski definition) is 5. The molecule has 0 aromatic carbocycles. The SMILES string of the molecule is CCNc1ncc(F)c(NC(C)CCCO)n1. The summed E-state index contributed by atoms with van der Waals surface area (Å²) in [4.78, 5) is 7.86. The molecule has 0 aliphatic rings. The monoisotopic (exact) mass is 242 g/mol. The first-order chi connectivity index (χ1) is 8.17. The van der Waals surface area contributed by atoms with Crippen molar-refractivity contribution in [3.63, 3.8) is 0 Å². The Balaban J connectivity index is 2.64. The molecule has 0 amide bonds. The summed E-state index contributed by atoms with van der Waals surface area (Å²) in [7, 11) is 0. The second-order valence-corrected chi connectivity index (χ2v) is 3.83. The topological polar surface area (TPSA) is 70.1 Å². The summed E-state index contributed by atoms with van der Waals surface area (Å²) in [5.74, 6) is 0.134. The summed E-state index contributed by atoms with van der Waals surface area (Å²) in [6.45, 7) is 4.67. The number of nitrogens with zero attached hydrogens (tertiary/aromatic N) is 2. The van der Waals surface area contributed by atoms with Crippen LogP contribution in [-0.2, 0) is 0 Å². The zero-order valence-electron chi connectivity index (χ0n) is 10.2. The predicted molar refractivity (Wildman–Crippen MR) is 65.6 cm³/mol. The van der Waals surface area contributed by atoms with Crippen molar-refractivity contribution in [2.45, 2.75) is 32.7 Å². The van der Waals surface area contributed by atoms with Crippen molar-refractivity contribution in [1.29, 1.82) is 0 Å². The third-order valence-corrected chi connectivity index (χ3v) is 2.26. The molecule has 0 saturated heterocycles. The zero-order valence-corrected chi connectivity index (χ0v) is 10.2. The van der Waals surface area contributed by atoms with E-state index in [1.54, 1.807) is 0 Å². The van der Waals surface area contributed by atoms with Crippen molar-refractivity contribution in [2.24, 2.45) is 0 Å². The quantitative estimate of drug-likeness (QED) is 0.678. The lowest BCUT2D eigenvalue weighted by molar-refractivity contribution is 0.282. The molecular weight excluding hydrogens is 223 g/mol. The van der Waals surface area contributed by atoms with Crippen LogP contribution in [0.1, 0.15) is 26.7 Å². The van der Waals surface area contributed by atoms with E-state index < -0.39 is 5.82 Å². The molecular formula is C11H19FN4O. The second kappa shape index (κ2) is 7.01. The highest BCUT2D eigenvalue weighted by Crippen LogP contribution is 2.14. The van der Waals surface area contributed by atoms with Crippen LogP contribution in [0.2, 0.25) is 0 Å². The Morgan fingerprint density at radius 2 is 2.29 bits per heavy atom. The van der Waals surface area contributed by atoms with E-state index in [0.717, 1.165) is 12.6 Å². The van der Waals surface area contributed by atoms with Gasteiger partial charge in [-0.05, 0) is 26.7 Å². The largest absolute Gasteiger partial charge is 0.396 e. The summed E-state index contributed by atoms with van der Waals surface area (Å²) >= 11 is 0. The Kier molecular flexibility index (Phi) is 5.62. The molecule has 0 saturated carbocycles. The molecule has 0 spiro atoms. The first-order valence-corrected chi connectivity index (χ1v) is 5.81. The average molecular weight is 242 g/mol. The van der Waals surface area contributed by atoms with Crippen LogP contribution in [0, 0.1) is 5.82 Å². The number of anilines is 2. The first-order valence-electron chi connectivity index (χ1n) is 5.81. The normalized spacial score (nSPS) is 12.2. The Morgan fingerprint density at radius 1 is 1.53 bits per heavy atom. The van der Waals surface area contributed by atoms with Crippen LogP contribution in [0.4, 0.5) is 16.2 Å². The van der Waals surface area contributed by atoms with Crippen LogP contribution in [0.15, 0.2) is 6.20 Å². The van der Waals surface area contributed by atoms with E-state index in [2.05, 4.69) is 20.6 Å². The summed E-state index contributed by atoms with van der Waals surface area (Å²) in [5.41, 5.74) is 0. The van der Waals surface area contributed by atoms with E-state index in [1.807, 2.05) is 13.8 Å². The minimum absolute atomic E-state index is 0.0565. The highest BCUT2D eigenvalue weighted by atomic mass is 19.1. The van der Waals surface area contributed by atoms with Gasteiger partial charge in [-0.1, -0.05) is 0 Å². The lowest BCUT2D eigenvalue weighted by atomic mass is 10.2. The van der Waals surface area contributed by atoms with Crippen LogP contribution in [0.5, 0.6) is 0 Å². The molecule has 0 fully saturated rings. The maximum atomic E-state index is 13.4. The fourth-order valence-electron chi connectivity index (χ4n) is 1.41. The van der Waals surface area contributed by atoms with Crippen molar-refractivity contribution >= 4 is 11.8 Å². The van der Waals surface area contributed by atoms with E-state index in [4.69, 9.17) is 5.11 Å². The highest BCUT2D eigenvalue weighted by Gasteiger charge is 2.09. The number of hydrogen-bond donors (Lipinski definition) is 3. The summed E-state index contributed by atoms with van der Waals surface area (Å²) in [5, 5.41) is 14.6.